The molecule has 1 heteroatoms. The lowest BCUT2D eigenvalue weighted by molar-refractivity contribution is -0.114. The van der Waals surface area contributed by atoms with E-state index in [-0.39, 0.29) is 11.7 Å². The van der Waals surface area contributed by atoms with Crippen molar-refractivity contribution in [1.29, 1.82) is 0 Å². The Kier molecular flexibility index (Phi) is 2.81. The number of hydrogen-bond acceptors (Lipinski definition) is 1. The van der Waals surface area contributed by atoms with Gasteiger partial charge in [-0.1, -0.05) is 60.7 Å². The molecule has 0 N–H and O–H groups in total. The number of carbonyl (C=O) groups excluding carboxylic acids is 1. The van der Waals surface area contributed by atoms with E-state index in [1.165, 1.54) is 5.56 Å². The van der Waals surface area contributed by atoms with E-state index in [2.05, 4.69) is 24.3 Å². The van der Waals surface area contributed by atoms with Crippen LogP contribution in [0.2, 0.25) is 0 Å². The topological polar surface area (TPSA) is 17.1 Å². The van der Waals surface area contributed by atoms with Crippen LogP contribution in [0.25, 0.3) is 5.57 Å². The Morgan fingerprint density at radius 2 is 1.44 bits per heavy atom. The van der Waals surface area contributed by atoms with Crippen molar-refractivity contribution in [3.05, 3.63) is 77.9 Å². The van der Waals surface area contributed by atoms with E-state index in [0.717, 1.165) is 11.1 Å². The van der Waals surface area contributed by atoms with E-state index in [1.807, 2.05) is 36.4 Å². The van der Waals surface area contributed by atoms with E-state index >= 15 is 0 Å². The maximum Gasteiger partial charge on any atom is 0.156 e. The summed E-state index contributed by atoms with van der Waals surface area (Å²) in [6, 6.07) is 20.4. The van der Waals surface area contributed by atoms with Gasteiger partial charge in [0.05, 0.1) is 0 Å². The van der Waals surface area contributed by atoms with Crippen molar-refractivity contribution >= 4 is 11.4 Å². The molecule has 1 aliphatic carbocycles. The summed E-state index contributed by atoms with van der Waals surface area (Å²) < 4.78 is 0. The maximum absolute atomic E-state index is 11.7. The van der Waals surface area contributed by atoms with Gasteiger partial charge in [-0.05, 0) is 22.8 Å². The number of rotatable bonds is 2. The Morgan fingerprint density at radius 3 is 2.11 bits per heavy atom. The van der Waals surface area contributed by atoms with Crippen LogP contribution in [0.15, 0.2) is 66.7 Å². The molecular formula is C17H14O. The lowest BCUT2D eigenvalue weighted by Gasteiger charge is -2.14. The Balaban J connectivity index is 2.02. The SMILES string of the molecule is O=C1C=C(c2ccccc2)[C@H](c2ccccc2)C1. The molecule has 1 nitrogen and oxygen atoms in total. The Morgan fingerprint density at radius 1 is 0.833 bits per heavy atom. The highest BCUT2D eigenvalue weighted by Gasteiger charge is 2.26. The first kappa shape index (κ1) is 11.0. The van der Waals surface area contributed by atoms with Crippen LogP contribution in [-0.2, 0) is 4.79 Å². The molecule has 18 heavy (non-hydrogen) atoms. The molecule has 0 radical (unpaired) electrons. The van der Waals surface area contributed by atoms with E-state index < -0.39 is 0 Å². The predicted molar refractivity (Wildman–Crippen MR) is 73.2 cm³/mol. The van der Waals surface area contributed by atoms with E-state index in [0.29, 0.717) is 6.42 Å². The molecule has 0 aliphatic heterocycles. The van der Waals surface area contributed by atoms with Crippen LogP contribution in [-0.4, -0.2) is 5.78 Å². The van der Waals surface area contributed by atoms with Gasteiger partial charge in [0.25, 0.3) is 0 Å². The first-order chi connectivity index (χ1) is 8.84. The standard InChI is InChI=1S/C17H14O/c18-15-11-16(13-7-3-1-4-8-13)17(12-15)14-9-5-2-6-10-14/h1-11,17H,12H2/t17-/m0/s1. The Hall–Kier alpha value is -2.15. The van der Waals surface area contributed by atoms with Crippen molar-refractivity contribution in [3.8, 4) is 0 Å². The Labute approximate surface area is 107 Å². The van der Waals surface area contributed by atoms with E-state index in [1.54, 1.807) is 6.08 Å². The van der Waals surface area contributed by atoms with E-state index in [9.17, 15) is 4.79 Å². The van der Waals surface area contributed by atoms with Crippen LogP contribution in [0, 0.1) is 0 Å². The fourth-order valence-corrected chi connectivity index (χ4v) is 2.54. The molecule has 3 rings (SSSR count). The third-order valence-corrected chi connectivity index (χ3v) is 3.41. The molecule has 0 amide bonds. The average molecular weight is 234 g/mol. The maximum atomic E-state index is 11.7. The summed E-state index contributed by atoms with van der Waals surface area (Å²) in [5.74, 6) is 0.434. The van der Waals surface area contributed by atoms with Gasteiger partial charge in [-0.25, -0.2) is 0 Å². The molecule has 0 bridgehead atoms. The van der Waals surface area contributed by atoms with Crippen LogP contribution in [0.3, 0.4) is 0 Å². The number of allylic oxidation sites excluding steroid dienone is 2. The largest absolute Gasteiger partial charge is 0.295 e. The quantitative estimate of drug-likeness (QED) is 0.771. The number of benzene rings is 2. The highest BCUT2D eigenvalue weighted by Crippen LogP contribution is 2.39. The fraction of sp³-hybridized carbons (Fsp3) is 0.118. The summed E-state index contributed by atoms with van der Waals surface area (Å²) in [7, 11) is 0. The van der Waals surface area contributed by atoms with Gasteiger partial charge >= 0.3 is 0 Å². The molecule has 0 unspecified atom stereocenters. The van der Waals surface area contributed by atoms with Gasteiger partial charge in [0.1, 0.15) is 0 Å². The molecule has 0 spiro atoms. The molecule has 1 atom stereocenters. The molecule has 0 heterocycles. The molecular weight excluding hydrogens is 220 g/mol. The summed E-state index contributed by atoms with van der Waals surface area (Å²) in [5, 5.41) is 0. The summed E-state index contributed by atoms with van der Waals surface area (Å²) in [6.07, 6.45) is 2.39. The van der Waals surface area contributed by atoms with Crippen LogP contribution in [0.1, 0.15) is 23.5 Å². The third kappa shape index (κ3) is 2.00. The minimum absolute atomic E-state index is 0.209. The zero-order valence-electron chi connectivity index (χ0n) is 10.0. The average Bonchev–Trinajstić information content (AvgIpc) is 2.83. The molecule has 0 aromatic heterocycles. The van der Waals surface area contributed by atoms with Gasteiger partial charge in [-0.2, -0.15) is 0 Å². The van der Waals surface area contributed by atoms with Crippen molar-refractivity contribution in [1.82, 2.24) is 0 Å². The van der Waals surface area contributed by atoms with Crippen LogP contribution < -0.4 is 0 Å². The summed E-state index contributed by atoms with van der Waals surface area (Å²) in [6.45, 7) is 0. The van der Waals surface area contributed by atoms with Gasteiger partial charge in [-0.15, -0.1) is 0 Å². The Bertz CT molecular complexity index is 582. The number of hydrogen-bond donors (Lipinski definition) is 0. The molecule has 2 aromatic rings. The first-order valence-electron chi connectivity index (χ1n) is 6.19. The van der Waals surface area contributed by atoms with Crippen molar-refractivity contribution < 1.29 is 4.79 Å². The summed E-state index contributed by atoms with van der Waals surface area (Å²) >= 11 is 0. The van der Waals surface area contributed by atoms with Gasteiger partial charge in [0, 0.05) is 12.3 Å². The van der Waals surface area contributed by atoms with Crippen LogP contribution >= 0.6 is 0 Å². The highest BCUT2D eigenvalue weighted by atomic mass is 16.1. The number of carbonyl (C=O) groups is 1. The minimum Gasteiger partial charge on any atom is -0.295 e. The predicted octanol–water partition coefficient (Wildman–Crippen LogP) is 3.83. The van der Waals surface area contributed by atoms with Crippen molar-refractivity contribution in [3.63, 3.8) is 0 Å². The molecule has 0 saturated heterocycles. The van der Waals surface area contributed by atoms with Gasteiger partial charge < -0.3 is 0 Å². The lowest BCUT2D eigenvalue weighted by atomic mass is 9.89. The summed E-state index contributed by atoms with van der Waals surface area (Å²) in [5.41, 5.74) is 3.52. The first-order valence-corrected chi connectivity index (χ1v) is 6.19. The second-order valence-electron chi connectivity index (χ2n) is 4.60. The smallest absolute Gasteiger partial charge is 0.156 e. The second kappa shape index (κ2) is 4.61. The van der Waals surface area contributed by atoms with Crippen molar-refractivity contribution in [2.45, 2.75) is 12.3 Å². The second-order valence-corrected chi connectivity index (χ2v) is 4.60. The summed E-state index contributed by atoms with van der Waals surface area (Å²) in [4.78, 5) is 11.7. The monoisotopic (exact) mass is 234 g/mol. The third-order valence-electron chi connectivity index (χ3n) is 3.41. The highest BCUT2D eigenvalue weighted by molar-refractivity contribution is 6.04. The van der Waals surface area contributed by atoms with Crippen LogP contribution in [0.4, 0.5) is 0 Å². The fourth-order valence-electron chi connectivity index (χ4n) is 2.54. The van der Waals surface area contributed by atoms with Gasteiger partial charge in [-0.3, -0.25) is 4.79 Å². The van der Waals surface area contributed by atoms with Gasteiger partial charge in [0.2, 0.25) is 0 Å². The zero-order valence-corrected chi connectivity index (χ0v) is 10.0. The molecule has 88 valence electrons. The van der Waals surface area contributed by atoms with Crippen LogP contribution in [0.5, 0.6) is 0 Å². The van der Waals surface area contributed by atoms with E-state index in [4.69, 9.17) is 0 Å². The number of ketones is 1. The molecule has 1 aliphatic rings. The minimum atomic E-state index is 0.209. The lowest BCUT2D eigenvalue weighted by Crippen LogP contribution is -1.99. The van der Waals surface area contributed by atoms with Gasteiger partial charge in [0.15, 0.2) is 5.78 Å². The van der Waals surface area contributed by atoms with Crippen molar-refractivity contribution in [2.75, 3.05) is 0 Å². The molecule has 0 fully saturated rings. The van der Waals surface area contributed by atoms with Crippen molar-refractivity contribution in [2.24, 2.45) is 0 Å². The normalized spacial score (nSPS) is 18.8. The molecule has 0 saturated carbocycles. The zero-order chi connectivity index (χ0) is 12.4. The molecule has 2 aromatic carbocycles.